The molecule has 1 atom stereocenters. The number of pyridine rings is 1. The van der Waals surface area contributed by atoms with Gasteiger partial charge in [-0.3, -0.25) is 0 Å². The van der Waals surface area contributed by atoms with E-state index in [0.717, 1.165) is 31.9 Å². The van der Waals surface area contributed by atoms with E-state index in [2.05, 4.69) is 16.0 Å². The molecule has 0 radical (unpaired) electrons. The molecule has 3 rings (SSSR count). The van der Waals surface area contributed by atoms with E-state index in [1.54, 1.807) is 7.11 Å². The van der Waals surface area contributed by atoms with Gasteiger partial charge in [-0.2, -0.15) is 4.98 Å². The molecular formula is C12H16N2O2. The number of fused-ring (bicyclic) bond motifs is 1. The lowest BCUT2D eigenvalue weighted by atomic mass is 10.1. The number of aromatic nitrogens is 1. The molecule has 0 N–H and O–H groups in total. The molecule has 0 saturated carbocycles. The highest BCUT2D eigenvalue weighted by Gasteiger charge is 2.28. The molecule has 0 bridgehead atoms. The molecule has 16 heavy (non-hydrogen) atoms. The van der Waals surface area contributed by atoms with E-state index in [-0.39, 0.29) is 0 Å². The smallest absolute Gasteiger partial charge is 0.214 e. The Morgan fingerprint density at radius 2 is 2.44 bits per heavy atom. The third kappa shape index (κ3) is 1.85. The molecule has 2 aliphatic heterocycles. The van der Waals surface area contributed by atoms with Crippen molar-refractivity contribution in [2.45, 2.75) is 18.9 Å². The Labute approximate surface area is 95.2 Å². The van der Waals surface area contributed by atoms with Crippen LogP contribution in [-0.2, 0) is 11.2 Å². The second-order valence-electron chi connectivity index (χ2n) is 4.34. The van der Waals surface area contributed by atoms with E-state index in [0.29, 0.717) is 12.0 Å². The highest BCUT2D eigenvalue weighted by molar-refractivity contribution is 5.51. The molecular weight excluding hydrogens is 204 g/mol. The molecule has 1 aromatic heterocycles. The number of ether oxygens (including phenoxy) is 2. The Hall–Kier alpha value is -1.29. The van der Waals surface area contributed by atoms with Crippen LogP contribution >= 0.6 is 0 Å². The van der Waals surface area contributed by atoms with Crippen molar-refractivity contribution >= 4 is 5.82 Å². The fourth-order valence-corrected chi connectivity index (χ4v) is 2.21. The quantitative estimate of drug-likeness (QED) is 0.718. The first-order valence-corrected chi connectivity index (χ1v) is 5.77. The third-order valence-electron chi connectivity index (χ3n) is 3.14. The monoisotopic (exact) mass is 220 g/mol. The van der Waals surface area contributed by atoms with Gasteiger partial charge in [0.1, 0.15) is 5.82 Å². The van der Waals surface area contributed by atoms with E-state index < -0.39 is 0 Å². The van der Waals surface area contributed by atoms with Crippen LogP contribution in [0.3, 0.4) is 0 Å². The summed E-state index contributed by atoms with van der Waals surface area (Å²) in [7, 11) is 1.66. The van der Waals surface area contributed by atoms with E-state index in [4.69, 9.17) is 9.47 Å². The number of rotatable bonds is 3. The van der Waals surface area contributed by atoms with Crippen molar-refractivity contribution in [1.29, 1.82) is 0 Å². The van der Waals surface area contributed by atoms with E-state index in [1.165, 1.54) is 12.0 Å². The van der Waals surface area contributed by atoms with Crippen molar-refractivity contribution in [3.8, 4) is 5.88 Å². The standard InChI is InChI=1S/C12H16N2O2/c1-15-11-5-4-9-3-2-6-14(12(9)13-11)7-10-8-16-10/h4-5,10H,2-3,6-8H2,1H3/t10-/m1/s1. The van der Waals surface area contributed by atoms with Gasteiger partial charge in [0.2, 0.25) is 5.88 Å². The lowest BCUT2D eigenvalue weighted by molar-refractivity contribution is 0.393. The largest absolute Gasteiger partial charge is 0.481 e. The molecule has 0 aliphatic carbocycles. The van der Waals surface area contributed by atoms with E-state index >= 15 is 0 Å². The van der Waals surface area contributed by atoms with Crippen molar-refractivity contribution in [2.24, 2.45) is 0 Å². The van der Waals surface area contributed by atoms with Gasteiger partial charge in [0.15, 0.2) is 0 Å². The molecule has 0 spiro atoms. The zero-order valence-electron chi connectivity index (χ0n) is 9.48. The van der Waals surface area contributed by atoms with Gasteiger partial charge in [0.05, 0.1) is 19.8 Å². The predicted octanol–water partition coefficient (Wildman–Crippen LogP) is 1.24. The first-order chi connectivity index (χ1) is 7.86. The summed E-state index contributed by atoms with van der Waals surface area (Å²) in [6.07, 6.45) is 2.74. The van der Waals surface area contributed by atoms with Gasteiger partial charge >= 0.3 is 0 Å². The SMILES string of the molecule is COc1ccc2c(n1)N(C[C@@H]1CO1)CCC2. The molecule has 86 valence electrons. The Morgan fingerprint density at radius 1 is 1.56 bits per heavy atom. The molecule has 0 aromatic carbocycles. The van der Waals surface area contributed by atoms with E-state index in [9.17, 15) is 0 Å². The molecule has 1 fully saturated rings. The summed E-state index contributed by atoms with van der Waals surface area (Å²) in [5.74, 6) is 1.78. The lowest BCUT2D eigenvalue weighted by Crippen LogP contribution is -2.33. The summed E-state index contributed by atoms with van der Waals surface area (Å²) < 4.78 is 10.5. The minimum Gasteiger partial charge on any atom is -0.481 e. The van der Waals surface area contributed by atoms with Gasteiger partial charge in [-0.25, -0.2) is 0 Å². The zero-order valence-corrected chi connectivity index (χ0v) is 9.48. The first kappa shape index (κ1) is 9.90. The van der Waals surface area contributed by atoms with Crippen molar-refractivity contribution in [3.63, 3.8) is 0 Å². The van der Waals surface area contributed by atoms with Crippen LogP contribution in [-0.4, -0.2) is 37.9 Å². The average Bonchev–Trinajstić information content (AvgIpc) is 3.13. The minimum atomic E-state index is 0.416. The van der Waals surface area contributed by atoms with Crippen LogP contribution in [0.2, 0.25) is 0 Å². The van der Waals surface area contributed by atoms with Gasteiger partial charge < -0.3 is 14.4 Å². The Bertz CT molecular complexity index is 391. The van der Waals surface area contributed by atoms with Crippen LogP contribution in [0.25, 0.3) is 0 Å². The highest BCUT2D eigenvalue weighted by Crippen LogP contribution is 2.28. The number of anilines is 1. The number of hydrogen-bond donors (Lipinski definition) is 0. The van der Waals surface area contributed by atoms with Gasteiger partial charge in [-0.15, -0.1) is 0 Å². The molecule has 1 saturated heterocycles. The maximum absolute atomic E-state index is 5.28. The molecule has 2 aliphatic rings. The van der Waals surface area contributed by atoms with Gasteiger partial charge in [0.25, 0.3) is 0 Å². The number of aryl methyl sites for hydroxylation is 1. The normalized spacial score (nSPS) is 22.8. The summed E-state index contributed by atoms with van der Waals surface area (Å²) in [5.41, 5.74) is 1.33. The number of nitrogens with zero attached hydrogens (tertiary/aromatic N) is 2. The number of methoxy groups -OCH3 is 1. The van der Waals surface area contributed by atoms with Crippen LogP contribution < -0.4 is 9.64 Å². The Kier molecular flexibility index (Phi) is 2.44. The fraction of sp³-hybridized carbons (Fsp3) is 0.583. The summed E-state index contributed by atoms with van der Waals surface area (Å²) in [6, 6.07) is 4.07. The average molecular weight is 220 g/mol. The minimum absolute atomic E-state index is 0.416. The van der Waals surface area contributed by atoms with Gasteiger partial charge in [-0.05, 0) is 24.5 Å². The van der Waals surface area contributed by atoms with Crippen LogP contribution in [0.4, 0.5) is 5.82 Å². The molecule has 0 amide bonds. The highest BCUT2D eigenvalue weighted by atomic mass is 16.6. The van der Waals surface area contributed by atoms with Crippen molar-refractivity contribution in [1.82, 2.24) is 4.98 Å². The molecule has 4 nitrogen and oxygen atoms in total. The molecule has 3 heterocycles. The van der Waals surface area contributed by atoms with Crippen LogP contribution in [0, 0.1) is 0 Å². The predicted molar refractivity (Wildman–Crippen MR) is 61.1 cm³/mol. The third-order valence-corrected chi connectivity index (χ3v) is 3.14. The van der Waals surface area contributed by atoms with E-state index in [1.807, 2.05) is 6.07 Å². The summed E-state index contributed by atoms with van der Waals surface area (Å²) >= 11 is 0. The molecule has 4 heteroatoms. The second-order valence-corrected chi connectivity index (χ2v) is 4.34. The number of epoxide rings is 1. The molecule has 1 aromatic rings. The fourth-order valence-electron chi connectivity index (χ4n) is 2.21. The molecule has 0 unspecified atom stereocenters. The number of hydrogen-bond acceptors (Lipinski definition) is 4. The van der Waals surface area contributed by atoms with Crippen LogP contribution in [0.15, 0.2) is 12.1 Å². The topological polar surface area (TPSA) is 37.9 Å². The van der Waals surface area contributed by atoms with Gasteiger partial charge in [-0.1, -0.05) is 0 Å². The maximum atomic E-state index is 5.28. The van der Waals surface area contributed by atoms with Crippen molar-refractivity contribution in [2.75, 3.05) is 31.7 Å². The van der Waals surface area contributed by atoms with Gasteiger partial charge in [0, 0.05) is 19.2 Å². The first-order valence-electron chi connectivity index (χ1n) is 5.77. The lowest BCUT2D eigenvalue weighted by Gasteiger charge is -2.29. The zero-order chi connectivity index (χ0) is 11.0. The Balaban J connectivity index is 1.88. The van der Waals surface area contributed by atoms with Crippen LogP contribution in [0.1, 0.15) is 12.0 Å². The van der Waals surface area contributed by atoms with Crippen molar-refractivity contribution < 1.29 is 9.47 Å². The summed E-state index contributed by atoms with van der Waals surface area (Å²) in [5, 5.41) is 0. The van der Waals surface area contributed by atoms with Crippen LogP contribution in [0.5, 0.6) is 5.88 Å². The summed E-state index contributed by atoms with van der Waals surface area (Å²) in [6.45, 7) is 2.94. The summed E-state index contributed by atoms with van der Waals surface area (Å²) in [4.78, 5) is 6.86. The maximum Gasteiger partial charge on any atom is 0.214 e. The second kappa shape index (κ2) is 3.94. The Morgan fingerprint density at radius 3 is 3.19 bits per heavy atom. The van der Waals surface area contributed by atoms with Crippen molar-refractivity contribution in [3.05, 3.63) is 17.7 Å².